The first kappa shape index (κ1) is 11.2. The van der Waals surface area contributed by atoms with Crippen molar-refractivity contribution in [1.82, 2.24) is 0 Å². The Bertz CT molecular complexity index is 357. The second-order valence-corrected chi connectivity index (χ2v) is 4.64. The summed E-state index contributed by atoms with van der Waals surface area (Å²) in [6.45, 7) is 0. The van der Waals surface area contributed by atoms with Crippen molar-refractivity contribution in [1.29, 1.82) is 5.26 Å². The van der Waals surface area contributed by atoms with Gasteiger partial charge in [-0.1, -0.05) is 23.2 Å². The van der Waals surface area contributed by atoms with Gasteiger partial charge in [0.15, 0.2) is 5.79 Å². The minimum Gasteiger partial charge on any atom is -0.352 e. The van der Waals surface area contributed by atoms with E-state index in [1.807, 2.05) is 0 Å². The van der Waals surface area contributed by atoms with Crippen LogP contribution >= 0.6 is 23.2 Å². The summed E-state index contributed by atoms with van der Waals surface area (Å²) in [5.41, 5.74) is 0. The van der Waals surface area contributed by atoms with Crippen LogP contribution in [0.2, 0.25) is 0 Å². The minimum absolute atomic E-state index is 0.115. The SMILES string of the molecule is COC1(OC)[C@@H]2C[C@@H](C#N)[C@H]1C(Cl)=C2Cl. The van der Waals surface area contributed by atoms with Gasteiger partial charge >= 0.3 is 0 Å². The molecule has 0 radical (unpaired) electrons. The predicted octanol–water partition coefficient (Wildman–Crippen LogP) is 2.45. The van der Waals surface area contributed by atoms with E-state index >= 15 is 0 Å². The van der Waals surface area contributed by atoms with Gasteiger partial charge in [-0.2, -0.15) is 5.26 Å². The predicted molar refractivity (Wildman–Crippen MR) is 56.2 cm³/mol. The van der Waals surface area contributed by atoms with Gasteiger partial charge in [-0.05, 0) is 6.42 Å². The van der Waals surface area contributed by atoms with E-state index in [9.17, 15) is 0 Å². The van der Waals surface area contributed by atoms with Crippen LogP contribution in [-0.2, 0) is 9.47 Å². The van der Waals surface area contributed by atoms with E-state index in [1.54, 1.807) is 14.2 Å². The molecule has 2 bridgehead atoms. The molecule has 2 rings (SSSR count). The molecule has 0 aliphatic heterocycles. The average Bonchev–Trinajstić information content (AvgIpc) is 2.69. The van der Waals surface area contributed by atoms with Gasteiger partial charge in [0, 0.05) is 24.3 Å². The van der Waals surface area contributed by atoms with E-state index in [1.165, 1.54) is 0 Å². The van der Waals surface area contributed by atoms with E-state index in [-0.39, 0.29) is 17.8 Å². The van der Waals surface area contributed by atoms with Crippen LogP contribution in [0.5, 0.6) is 0 Å². The van der Waals surface area contributed by atoms with Crippen molar-refractivity contribution in [2.75, 3.05) is 14.2 Å². The third kappa shape index (κ3) is 1.20. The summed E-state index contributed by atoms with van der Waals surface area (Å²) in [6, 6.07) is 2.23. The first-order chi connectivity index (χ1) is 7.12. The van der Waals surface area contributed by atoms with Crippen molar-refractivity contribution in [3.8, 4) is 6.07 Å². The molecule has 0 aromatic rings. The summed E-state index contributed by atoms with van der Waals surface area (Å²) in [5.74, 6) is -1.38. The molecule has 3 atom stereocenters. The molecule has 0 amide bonds. The number of hydrogen-bond acceptors (Lipinski definition) is 3. The maximum absolute atomic E-state index is 9.03. The van der Waals surface area contributed by atoms with Crippen molar-refractivity contribution in [3.63, 3.8) is 0 Å². The van der Waals surface area contributed by atoms with Gasteiger partial charge < -0.3 is 9.47 Å². The molecule has 5 heteroatoms. The van der Waals surface area contributed by atoms with Gasteiger partial charge in [-0.25, -0.2) is 0 Å². The Kier molecular flexibility index (Phi) is 2.72. The fourth-order valence-corrected chi connectivity index (χ4v) is 3.54. The summed E-state index contributed by atoms with van der Waals surface area (Å²) in [4.78, 5) is 0. The summed E-state index contributed by atoms with van der Waals surface area (Å²) in [7, 11) is 3.12. The molecular weight excluding hydrogens is 237 g/mol. The van der Waals surface area contributed by atoms with E-state index in [4.69, 9.17) is 37.9 Å². The number of fused-ring (bicyclic) bond motifs is 2. The van der Waals surface area contributed by atoms with Crippen LogP contribution < -0.4 is 0 Å². The molecule has 0 aromatic heterocycles. The number of hydrogen-bond donors (Lipinski definition) is 0. The number of ether oxygens (including phenoxy) is 2. The molecule has 3 nitrogen and oxygen atoms in total. The Balaban J connectivity index is 2.47. The quantitative estimate of drug-likeness (QED) is 0.705. The highest BCUT2D eigenvalue weighted by atomic mass is 35.5. The Morgan fingerprint density at radius 2 is 1.93 bits per heavy atom. The van der Waals surface area contributed by atoms with Crippen LogP contribution in [0.25, 0.3) is 0 Å². The molecule has 2 aliphatic rings. The minimum atomic E-state index is -0.839. The monoisotopic (exact) mass is 247 g/mol. The summed E-state index contributed by atoms with van der Waals surface area (Å²) < 4.78 is 10.8. The average molecular weight is 248 g/mol. The maximum Gasteiger partial charge on any atom is 0.184 e. The lowest BCUT2D eigenvalue weighted by Crippen LogP contribution is -2.41. The molecule has 1 saturated carbocycles. The van der Waals surface area contributed by atoms with Crippen molar-refractivity contribution in [2.45, 2.75) is 12.2 Å². The fraction of sp³-hybridized carbons (Fsp3) is 0.700. The zero-order chi connectivity index (χ0) is 11.2. The van der Waals surface area contributed by atoms with Crippen LogP contribution in [0.3, 0.4) is 0 Å². The van der Waals surface area contributed by atoms with Crippen LogP contribution in [0.4, 0.5) is 0 Å². The highest BCUT2D eigenvalue weighted by molar-refractivity contribution is 6.40. The number of methoxy groups -OCH3 is 2. The third-order valence-corrected chi connectivity index (χ3v) is 4.42. The number of nitrogens with zero attached hydrogens (tertiary/aromatic N) is 1. The van der Waals surface area contributed by atoms with Crippen molar-refractivity contribution in [3.05, 3.63) is 10.1 Å². The second-order valence-electron chi connectivity index (χ2n) is 3.83. The zero-order valence-corrected chi connectivity index (χ0v) is 9.97. The molecule has 15 heavy (non-hydrogen) atoms. The summed E-state index contributed by atoms with van der Waals surface area (Å²) in [6.07, 6.45) is 0.651. The van der Waals surface area contributed by atoms with Crippen molar-refractivity contribution in [2.24, 2.45) is 17.8 Å². The standard InChI is InChI=1S/C10H11Cl2NO2/c1-14-10(15-2)6-3-5(4-13)7(10)9(12)8(6)11/h5-7H,3H2,1-2H3/t5-,6+,7-/m0/s1. The van der Waals surface area contributed by atoms with Gasteiger partial charge in [0.1, 0.15) is 0 Å². The maximum atomic E-state index is 9.03. The lowest BCUT2D eigenvalue weighted by atomic mass is 9.94. The van der Waals surface area contributed by atoms with Crippen molar-refractivity contribution < 1.29 is 9.47 Å². The molecule has 0 aromatic carbocycles. The van der Waals surface area contributed by atoms with E-state index in [0.717, 1.165) is 0 Å². The Morgan fingerprint density at radius 1 is 1.33 bits per heavy atom. The normalized spacial score (nSPS) is 37.1. The van der Waals surface area contributed by atoms with Crippen molar-refractivity contribution >= 4 is 23.2 Å². The fourth-order valence-electron chi connectivity index (χ4n) is 2.75. The smallest absolute Gasteiger partial charge is 0.184 e. The Labute approximate surface area is 98.5 Å². The van der Waals surface area contributed by atoms with Gasteiger partial charge in [0.2, 0.25) is 0 Å². The van der Waals surface area contributed by atoms with Crippen LogP contribution in [-0.4, -0.2) is 20.0 Å². The van der Waals surface area contributed by atoms with Gasteiger partial charge in [-0.3, -0.25) is 0 Å². The first-order valence-corrected chi connectivity index (χ1v) is 5.43. The highest BCUT2D eigenvalue weighted by Gasteiger charge is 2.64. The summed E-state index contributed by atoms with van der Waals surface area (Å²) in [5, 5.41) is 10.1. The molecule has 0 heterocycles. The van der Waals surface area contributed by atoms with Gasteiger partial charge in [-0.15, -0.1) is 0 Å². The Hall–Kier alpha value is -0.270. The lowest BCUT2D eigenvalue weighted by Gasteiger charge is -2.31. The van der Waals surface area contributed by atoms with E-state index < -0.39 is 5.79 Å². The molecule has 82 valence electrons. The van der Waals surface area contributed by atoms with Gasteiger partial charge in [0.25, 0.3) is 0 Å². The van der Waals surface area contributed by atoms with E-state index in [0.29, 0.717) is 16.5 Å². The van der Waals surface area contributed by atoms with Gasteiger partial charge in [0.05, 0.1) is 23.8 Å². The van der Waals surface area contributed by atoms with Crippen LogP contribution in [0.15, 0.2) is 10.1 Å². The second kappa shape index (κ2) is 3.64. The number of halogens is 2. The molecule has 1 fully saturated rings. The summed E-state index contributed by atoms with van der Waals surface area (Å²) >= 11 is 12.2. The molecule has 0 unspecified atom stereocenters. The molecular formula is C10H11Cl2NO2. The van der Waals surface area contributed by atoms with E-state index in [2.05, 4.69) is 6.07 Å². The van der Waals surface area contributed by atoms with Crippen LogP contribution in [0, 0.1) is 29.1 Å². The largest absolute Gasteiger partial charge is 0.352 e. The molecule has 0 spiro atoms. The number of rotatable bonds is 2. The molecule has 2 aliphatic carbocycles. The highest BCUT2D eigenvalue weighted by Crippen LogP contribution is 2.61. The lowest BCUT2D eigenvalue weighted by molar-refractivity contribution is -0.232. The third-order valence-electron chi connectivity index (χ3n) is 3.42. The topological polar surface area (TPSA) is 42.2 Å². The zero-order valence-electron chi connectivity index (χ0n) is 8.46. The molecule has 0 N–H and O–H groups in total. The van der Waals surface area contributed by atoms with Crippen LogP contribution in [0.1, 0.15) is 6.42 Å². The molecule has 0 saturated heterocycles. The first-order valence-electron chi connectivity index (χ1n) is 4.67. The Morgan fingerprint density at radius 3 is 2.33 bits per heavy atom. The number of nitriles is 1.